The van der Waals surface area contributed by atoms with Crippen LogP contribution in [0.25, 0.3) is 0 Å². The highest BCUT2D eigenvalue weighted by molar-refractivity contribution is 7.90. The van der Waals surface area contributed by atoms with Crippen LogP contribution in [0.4, 0.5) is 4.79 Å². The molecule has 1 N–H and O–H groups in total. The first-order valence-electron chi connectivity index (χ1n) is 7.63. The lowest BCUT2D eigenvalue weighted by atomic mass is 10.2. The third kappa shape index (κ3) is 4.19. The normalized spacial score (nSPS) is 14.2. The van der Waals surface area contributed by atoms with E-state index < -0.39 is 28.2 Å². The molecule has 1 aliphatic heterocycles. The van der Waals surface area contributed by atoms with Crippen LogP contribution in [0.1, 0.15) is 10.4 Å². The first-order chi connectivity index (χ1) is 12.5. The number of amides is 1. The van der Waals surface area contributed by atoms with Gasteiger partial charge in [-0.15, -0.1) is 0 Å². The van der Waals surface area contributed by atoms with Gasteiger partial charge in [0.15, 0.2) is 0 Å². The summed E-state index contributed by atoms with van der Waals surface area (Å²) in [5, 5.41) is 0. The first kappa shape index (κ1) is 17.9. The number of benzene rings is 2. The van der Waals surface area contributed by atoms with Gasteiger partial charge in [-0.05, 0) is 24.3 Å². The minimum atomic E-state index is -4.34. The van der Waals surface area contributed by atoms with Gasteiger partial charge in [-0.1, -0.05) is 30.3 Å². The highest BCUT2D eigenvalue weighted by Gasteiger charge is 2.29. The van der Waals surface area contributed by atoms with Gasteiger partial charge in [0.1, 0.15) is 16.7 Å². The molecule has 0 aliphatic carbocycles. The topological polar surface area (TPSA) is 108 Å². The van der Waals surface area contributed by atoms with E-state index in [1.165, 1.54) is 36.4 Å². The fourth-order valence-electron chi connectivity index (χ4n) is 2.15. The van der Waals surface area contributed by atoms with Crippen LogP contribution in [0, 0.1) is 0 Å². The summed E-state index contributed by atoms with van der Waals surface area (Å²) in [6, 6.07) is 13.4. The Bertz CT molecular complexity index is 908. The second-order valence-corrected chi connectivity index (χ2v) is 7.02. The van der Waals surface area contributed by atoms with E-state index in [9.17, 15) is 18.0 Å². The van der Waals surface area contributed by atoms with E-state index in [1.54, 1.807) is 22.9 Å². The summed E-state index contributed by atoms with van der Waals surface area (Å²) in [6.07, 6.45) is -1.60. The van der Waals surface area contributed by atoms with E-state index in [2.05, 4.69) is 0 Å². The van der Waals surface area contributed by atoms with E-state index in [0.29, 0.717) is 0 Å². The smallest absolute Gasteiger partial charge is 0.426 e. The zero-order valence-corrected chi connectivity index (χ0v) is 14.3. The summed E-state index contributed by atoms with van der Waals surface area (Å²) in [6.45, 7) is 0.532. The van der Waals surface area contributed by atoms with Crippen molar-refractivity contribution in [3.63, 3.8) is 0 Å². The van der Waals surface area contributed by atoms with Gasteiger partial charge in [0.25, 0.3) is 10.0 Å². The maximum Gasteiger partial charge on any atom is 0.426 e. The maximum atomic E-state index is 12.5. The summed E-state index contributed by atoms with van der Waals surface area (Å²) in [7, 11) is -4.34. The lowest BCUT2D eigenvalue weighted by Gasteiger charge is -2.25. The van der Waals surface area contributed by atoms with Crippen molar-refractivity contribution in [2.75, 3.05) is 13.2 Å². The van der Waals surface area contributed by atoms with E-state index in [0.717, 1.165) is 0 Å². The number of nitrogens with one attached hydrogen (secondary N) is 1. The zero-order chi connectivity index (χ0) is 18.6. The van der Waals surface area contributed by atoms with E-state index in [-0.39, 0.29) is 29.4 Å². The molecule has 136 valence electrons. The van der Waals surface area contributed by atoms with Crippen molar-refractivity contribution in [1.29, 1.82) is 0 Å². The Kier molecular flexibility index (Phi) is 5.19. The predicted molar refractivity (Wildman–Crippen MR) is 89.3 cm³/mol. The summed E-state index contributed by atoms with van der Waals surface area (Å²) in [4.78, 5) is 23.7. The van der Waals surface area contributed by atoms with E-state index in [4.69, 9.17) is 14.2 Å². The molecule has 1 fully saturated rings. The molecule has 2 aromatic carbocycles. The molecule has 0 aromatic heterocycles. The van der Waals surface area contributed by atoms with Gasteiger partial charge < -0.3 is 14.2 Å². The lowest BCUT2D eigenvalue weighted by Crippen LogP contribution is -2.38. The van der Waals surface area contributed by atoms with Gasteiger partial charge in [-0.3, -0.25) is 0 Å². The zero-order valence-electron chi connectivity index (χ0n) is 13.5. The number of carbonyl (C=O) groups is 2. The van der Waals surface area contributed by atoms with Crippen molar-refractivity contribution in [3.8, 4) is 5.75 Å². The predicted octanol–water partition coefficient (Wildman–Crippen LogP) is 1.72. The maximum absolute atomic E-state index is 12.5. The molecule has 8 nitrogen and oxygen atoms in total. The molecule has 0 saturated carbocycles. The molecular formula is C17H15NO7S. The minimum absolute atomic E-state index is 0.179. The molecule has 1 saturated heterocycles. The highest BCUT2D eigenvalue weighted by Crippen LogP contribution is 2.19. The molecule has 0 bridgehead atoms. The van der Waals surface area contributed by atoms with Gasteiger partial charge in [-0.25, -0.2) is 22.7 Å². The van der Waals surface area contributed by atoms with Crippen LogP contribution in [0.5, 0.6) is 5.75 Å². The average Bonchev–Trinajstić information content (AvgIpc) is 2.58. The van der Waals surface area contributed by atoms with Crippen LogP contribution in [0.15, 0.2) is 59.5 Å². The van der Waals surface area contributed by atoms with Crippen LogP contribution in [0.2, 0.25) is 0 Å². The number of carbonyl (C=O) groups excluding carboxylic acids is 2. The Hall–Kier alpha value is -2.91. The summed E-state index contributed by atoms with van der Waals surface area (Å²) in [5.41, 5.74) is -0.181. The second-order valence-electron chi connectivity index (χ2n) is 5.37. The Morgan fingerprint density at radius 1 is 1.00 bits per heavy atom. The van der Waals surface area contributed by atoms with Crippen molar-refractivity contribution in [1.82, 2.24) is 4.72 Å². The monoisotopic (exact) mass is 377 g/mol. The number of esters is 1. The lowest BCUT2D eigenvalue weighted by molar-refractivity contribution is -0.103. The molecular weight excluding hydrogens is 362 g/mol. The molecule has 1 amide bonds. The molecule has 3 rings (SSSR count). The summed E-state index contributed by atoms with van der Waals surface area (Å²) in [5.74, 6) is -0.631. The second kappa shape index (κ2) is 7.54. The largest absolute Gasteiger partial charge is 0.454 e. The Morgan fingerprint density at radius 2 is 1.65 bits per heavy atom. The van der Waals surface area contributed by atoms with Crippen molar-refractivity contribution in [2.45, 2.75) is 11.0 Å². The van der Waals surface area contributed by atoms with Crippen molar-refractivity contribution in [3.05, 3.63) is 60.2 Å². The highest BCUT2D eigenvalue weighted by atomic mass is 32.2. The third-order valence-electron chi connectivity index (χ3n) is 3.45. The Morgan fingerprint density at radius 3 is 2.31 bits per heavy atom. The average molecular weight is 377 g/mol. The van der Waals surface area contributed by atoms with Crippen LogP contribution in [0.3, 0.4) is 0 Å². The molecule has 2 aromatic rings. The Balaban J connectivity index is 1.76. The summed E-state index contributed by atoms with van der Waals surface area (Å²) < 4.78 is 41.7. The van der Waals surface area contributed by atoms with E-state index in [1.807, 2.05) is 0 Å². The van der Waals surface area contributed by atoms with E-state index >= 15 is 0 Å². The van der Waals surface area contributed by atoms with Crippen molar-refractivity contribution >= 4 is 22.1 Å². The third-order valence-corrected chi connectivity index (χ3v) is 4.82. The molecule has 0 atom stereocenters. The van der Waals surface area contributed by atoms with Gasteiger partial charge in [0.05, 0.1) is 18.8 Å². The van der Waals surface area contributed by atoms with Gasteiger partial charge in [0, 0.05) is 0 Å². The van der Waals surface area contributed by atoms with Crippen LogP contribution >= 0.6 is 0 Å². The Labute approximate surface area is 149 Å². The number of rotatable bonds is 5. The van der Waals surface area contributed by atoms with Gasteiger partial charge >= 0.3 is 12.1 Å². The van der Waals surface area contributed by atoms with Gasteiger partial charge in [-0.2, -0.15) is 0 Å². The molecule has 1 heterocycles. The fourth-order valence-corrected chi connectivity index (χ4v) is 3.22. The number of ether oxygens (including phenoxy) is 3. The fraction of sp³-hybridized carbons (Fsp3) is 0.176. The van der Waals surface area contributed by atoms with Crippen molar-refractivity contribution < 1.29 is 32.2 Å². The quantitative estimate of drug-likeness (QED) is 0.790. The number of hydrogen-bond acceptors (Lipinski definition) is 7. The first-order valence-corrected chi connectivity index (χ1v) is 9.11. The molecule has 0 unspecified atom stereocenters. The molecule has 9 heteroatoms. The van der Waals surface area contributed by atoms with Crippen LogP contribution in [-0.4, -0.2) is 39.8 Å². The molecule has 1 aliphatic rings. The standard InChI is InChI=1S/C17H15NO7S/c19-16(24-13-10-23-11-13)14-8-4-5-9-15(14)26(21,22)18-17(20)25-12-6-2-1-3-7-12/h1-9,13H,10-11H2,(H,18,20). The van der Waals surface area contributed by atoms with Crippen LogP contribution in [-0.2, 0) is 19.5 Å². The van der Waals surface area contributed by atoms with Crippen molar-refractivity contribution in [2.24, 2.45) is 0 Å². The SMILES string of the molecule is O=C(NS(=O)(=O)c1ccccc1C(=O)OC1COC1)Oc1ccccc1. The minimum Gasteiger partial charge on any atom is -0.454 e. The van der Waals surface area contributed by atoms with Crippen LogP contribution < -0.4 is 9.46 Å². The molecule has 0 radical (unpaired) electrons. The summed E-state index contributed by atoms with van der Waals surface area (Å²) >= 11 is 0. The number of hydrogen-bond donors (Lipinski definition) is 1. The number of para-hydroxylation sites is 1. The molecule has 26 heavy (non-hydrogen) atoms. The number of sulfonamides is 1. The molecule has 0 spiro atoms. The van der Waals surface area contributed by atoms with Gasteiger partial charge in [0.2, 0.25) is 0 Å².